The number of aromatic nitrogens is 1. The molecule has 3 nitrogen and oxygen atoms in total. The molecule has 0 saturated heterocycles. The van der Waals surface area contributed by atoms with E-state index in [4.69, 9.17) is 0 Å². The summed E-state index contributed by atoms with van der Waals surface area (Å²) in [4.78, 5) is 6.42. The molecular weight excluding hydrogens is 162 g/mol. The first-order chi connectivity index (χ1) is 6.29. The number of rotatable bonds is 0. The molecule has 0 spiro atoms. The molecule has 3 heteroatoms. The summed E-state index contributed by atoms with van der Waals surface area (Å²) in [5.41, 5.74) is 2.40. The van der Waals surface area contributed by atoms with Crippen LogP contribution in [-0.4, -0.2) is 24.6 Å². The summed E-state index contributed by atoms with van der Waals surface area (Å²) in [6.45, 7) is 3.28. The normalized spacial score (nSPS) is 21.7. The summed E-state index contributed by atoms with van der Waals surface area (Å²) in [5.74, 6) is 0. The Hall–Kier alpha value is -1.25. The van der Waals surface area contributed by atoms with Gasteiger partial charge >= 0.3 is 0 Å². The highest BCUT2D eigenvalue weighted by Gasteiger charge is 2.16. The molecule has 0 aromatic carbocycles. The van der Waals surface area contributed by atoms with Crippen molar-refractivity contribution in [2.75, 3.05) is 23.8 Å². The topological polar surface area (TPSA) is 28.2 Å². The van der Waals surface area contributed by atoms with Gasteiger partial charge in [0.05, 0.1) is 17.6 Å². The van der Waals surface area contributed by atoms with E-state index in [0.29, 0.717) is 6.04 Å². The van der Waals surface area contributed by atoms with Gasteiger partial charge in [0.25, 0.3) is 0 Å². The van der Waals surface area contributed by atoms with E-state index < -0.39 is 0 Å². The van der Waals surface area contributed by atoms with Gasteiger partial charge in [-0.25, -0.2) is 0 Å². The van der Waals surface area contributed by atoms with Crippen molar-refractivity contribution in [1.29, 1.82) is 0 Å². The predicted octanol–water partition coefficient (Wildman–Crippen LogP) is 1.72. The molecule has 0 fully saturated rings. The van der Waals surface area contributed by atoms with E-state index >= 15 is 0 Å². The molecule has 1 N–H and O–H groups in total. The van der Waals surface area contributed by atoms with Crippen molar-refractivity contribution in [2.45, 2.75) is 19.4 Å². The van der Waals surface area contributed by atoms with Crippen molar-refractivity contribution in [2.24, 2.45) is 0 Å². The summed E-state index contributed by atoms with van der Waals surface area (Å²) in [6, 6.07) is 2.61. The highest BCUT2D eigenvalue weighted by atomic mass is 15.2. The number of fused-ring (bicyclic) bond motifs is 1. The molecule has 1 aliphatic rings. The largest absolute Gasteiger partial charge is 0.383 e. The molecule has 0 aliphatic carbocycles. The molecule has 2 rings (SSSR count). The molecule has 1 aromatic rings. The second kappa shape index (κ2) is 3.24. The Labute approximate surface area is 78.8 Å². The third kappa shape index (κ3) is 1.46. The van der Waals surface area contributed by atoms with Gasteiger partial charge in [0.2, 0.25) is 0 Å². The Balaban J connectivity index is 2.40. The van der Waals surface area contributed by atoms with Crippen molar-refractivity contribution in [3.63, 3.8) is 0 Å². The van der Waals surface area contributed by atoms with Gasteiger partial charge in [-0.15, -0.1) is 0 Å². The lowest BCUT2D eigenvalue weighted by molar-refractivity contribution is 0.657. The van der Waals surface area contributed by atoms with Gasteiger partial charge in [-0.2, -0.15) is 0 Å². The van der Waals surface area contributed by atoms with Crippen molar-refractivity contribution in [3.8, 4) is 0 Å². The van der Waals surface area contributed by atoms with Gasteiger partial charge in [-0.1, -0.05) is 0 Å². The second-order valence-corrected chi connectivity index (χ2v) is 3.57. The monoisotopic (exact) mass is 177 g/mol. The fourth-order valence-electron chi connectivity index (χ4n) is 1.66. The zero-order valence-corrected chi connectivity index (χ0v) is 8.12. The van der Waals surface area contributed by atoms with E-state index in [1.165, 1.54) is 17.8 Å². The molecule has 1 atom stereocenters. The van der Waals surface area contributed by atoms with Crippen LogP contribution in [0.5, 0.6) is 0 Å². The Kier molecular flexibility index (Phi) is 2.08. The van der Waals surface area contributed by atoms with Gasteiger partial charge in [0.1, 0.15) is 0 Å². The van der Waals surface area contributed by atoms with Crippen LogP contribution in [0.15, 0.2) is 18.5 Å². The molecule has 1 aliphatic heterocycles. The van der Waals surface area contributed by atoms with Gasteiger partial charge in [-0.3, -0.25) is 4.98 Å². The van der Waals surface area contributed by atoms with Crippen LogP contribution in [-0.2, 0) is 0 Å². The fourth-order valence-corrected chi connectivity index (χ4v) is 1.66. The zero-order valence-electron chi connectivity index (χ0n) is 8.12. The molecule has 13 heavy (non-hydrogen) atoms. The van der Waals surface area contributed by atoms with Crippen LogP contribution in [0.4, 0.5) is 11.4 Å². The molecule has 0 saturated carbocycles. The van der Waals surface area contributed by atoms with Gasteiger partial charge < -0.3 is 10.2 Å². The summed E-state index contributed by atoms with van der Waals surface area (Å²) >= 11 is 0. The first-order valence-corrected chi connectivity index (χ1v) is 4.70. The SMILES string of the molecule is CC1CCNc2ccncc2N1C. The number of hydrogen-bond acceptors (Lipinski definition) is 3. The molecule has 0 radical (unpaired) electrons. The van der Waals surface area contributed by atoms with Crippen molar-refractivity contribution >= 4 is 11.4 Å². The number of nitrogens with zero attached hydrogens (tertiary/aromatic N) is 2. The minimum Gasteiger partial charge on any atom is -0.383 e. The maximum Gasteiger partial charge on any atom is 0.0788 e. The van der Waals surface area contributed by atoms with Crippen LogP contribution in [0.1, 0.15) is 13.3 Å². The standard InChI is InChI=1S/C10H15N3/c1-8-3-6-12-9-4-5-11-7-10(9)13(8)2/h4-5,7-8,12H,3,6H2,1-2H3. The molecule has 0 bridgehead atoms. The lowest BCUT2D eigenvalue weighted by Crippen LogP contribution is -2.28. The van der Waals surface area contributed by atoms with Crippen LogP contribution in [0.3, 0.4) is 0 Å². The van der Waals surface area contributed by atoms with E-state index in [9.17, 15) is 0 Å². The van der Waals surface area contributed by atoms with Crippen molar-refractivity contribution in [3.05, 3.63) is 18.5 Å². The summed E-state index contributed by atoms with van der Waals surface area (Å²) < 4.78 is 0. The van der Waals surface area contributed by atoms with Crippen LogP contribution < -0.4 is 10.2 Å². The Morgan fingerprint density at radius 1 is 1.62 bits per heavy atom. The quantitative estimate of drug-likeness (QED) is 0.654. The van der Waals surface area contributed by atoms with Crippen LogP contribution in [0.2, 0.25) is 0 Å². The van der Waals surface area contributed by atoms with E-state index in [-0.39, 0.29) is 0 Å². The number of nitrogens with one attached hydrogen (secondary N) is 1. The molecule has 1 aromatic heterocycles. The van der Waals surface area contributed by atoms with E-state index in [0.717, 1.165) is 6.54 Å². The highest BCUT2D eigenvalue weighted by Crippen LogP contribution is 2.27. The summed E-state index contributed by atoms with van der Waals surface area (Å²) in [7, 11) is 2.12. The highest BCUT2D eigenvalue weighted by molar-refractivity contribution is 5.69. The lowest BCUT2D eigenvalue weighted by Gasteiger charge is -2.24. The van der Waals surface area contributed by atoms with Crippen LogP contribution in [0.25, 0.3) is 0 Å². The molecule has 2 heterocycles. The second-order valence-electron chi connectivity index (χ2n) is 3.57. The third-order valence-corrected chi connectivity index (χ3v) is 2.72. The van der Waals surface area contributed by atoms with Gasteiger partial charge in [0, 0.05) is 25.8 Å². The number of hydrogen-bond donors (Lipinski definition) is 1. The van der Waals surface area contributed by atoms with E-state index in [1.807, 2.05) is 18.5 Å². The molecule has 1 unspecified atom stereocenters. The van der Waals surface area contributed by atoms with E-state index in [1.54, 1.807) is 0 Å². The summed E-state index contributed by atoms with van der Waals surface area (Å²) in [6.07, 6.45) is 4.92. The predicted molar refractivity (Wildman–Crippen MR) is 55.2 cm³/mol. The number of pyridine rings is 1. The Bertz CT molecular complexity index is 298. The average molecular weight is 177 g/mol. The van der Waals surface area contributed by atoms with E-state index in [2.05, 4.69) is 29.2 Å². The average Bonchev–Trinajstić information content (AvgIpc) is 2.29. The lowest BCUT2D eigenvalue weighted by atomic mass is 10.2. The Morgan fingerprint density at radius 3 is 3.31 bits per heavy atom. The first-order valence-electron chi connectivity index (χ1n) is 4.70. The van der Waals surface area contributed by atoms with Gasteiger partial charge in [0.15, 0.2) is 0 Å². The first kappa shape index (κ1) is 8.35. The summed E-state index contributed by atoms with van der Waals surface area (Å²) in [5, 5.41) is 3.40. The van der Waals surface area contributed by atoms with Crippen molar-refractivity contribution < 1.29 is 0 Å². The minimum absolute atomic E-state index is 0.581. The maximum atomic E-state index is 4.14. The smallest absolute Gasteiger partial charge is 0.0788 e. The molecule has 70 valence electrons. The van der Waals surface area contributed by atoms with Crippen molar-refractivity contribution in [1.82, 2.24) is 4.98 Å². The van der Waals surface area contributed by atoms with Crippen LogP contribution in [0, 0.1) is 0 Å². The van der Waals surface area contributed by atoms with Crippen LogP contribution >= 0.6 is 0 Å². The molecule has 0 amide bonds. The fraction of sp³-hybridized carbons (Fsp3) is 0.500. The third-order valence-electron chi connectivity index (χ3n) is 2.72. The maximum absolute atomic E-state index is 4.14. The number of anilines is 2. The molecular formula is C10H15N3. The zero-order chi connectivity index (χ0) is 9.26. The van der Waals surface area contributed by atoms with Gasteiger partial charge in [-0.05, 0) is 19.4 Å². The minimum atomic E-state index is 0.581. The Morgan fingerprint density at radius 2 is 2.46 bits per heavy atom.